The lowest BCUT2D eigenvalue weighted by Gasteiger charge is -2.06. The highest BCUT2D eigenvalue weighted by Crippen LogP contribution is 2.25. The van der Waals surface area contributed by atoms with Crippen molar-refractivity contribution >= 4 is 5.69 Å². The van der Waals surface area contributed by atoms with Gasteiger partial charge < -0.3 is 10.1 Å². The molecule has 0 aliphatic carbocycles. The number of hydrogen-bond donors (Lipinski definition) is 1. The molecule has 0 fully saturated rings. The fourth-order valence-electron chi connectivity index (χ4n) is 1.62. The van der Waals surface area contributed by atoms with E-state index in [4.69, 9.17) is 4.74 Å². The first kappa shape index (κ1) is 13.0. The van der Waals surface area contributed by atoms with E-state index in [0.29, 0.717) is 18.0 Å². The van der Waals surface area contributed by atoms with Gasteiger partial charge in [-0.2, -0.15) is 0 Å². The molecule has 0 saturated carbocycles. The molecule has 98 valence electrons. The van der Waals surface area contributed by atoms with Gasteiger partial charge in [-0.25, -0.2) is 0 Å². The summed E-state index contributed by atoms with van der Waals surface area (Å²) in [6.45, 7) is 0.680. The van der Waals surface area contributed by atoms with Crippen LogP contribution in [0.15, 0.2) is 42.7 Å². The maximum absolute atomic E-state index is 10.7. The number of nitro groups is 1. The molecule has 1 heterocycles. The minimum Gasteiger partial charge on any atom is -0.455 e. The molecule has 0 unspecified atom stereocenters. The Morgan fingerprint density at radius 1 is 1.32 bits per heavy atom. The second-order valence-electron chi connectivity index (χ2n) is 3.92. The fourth-order valence-corrected chi connectivity index (χ4v) is 1.62. The molecule has 0 bridgehead atoms. The first-order chi connectivity index (χ1) is 9.19. The van der Waals surface area contributed by atoms with Gasteiger partial charge in [-0.15, -0.1) is 0 Å². The topological polar surface area (TPSA) is 77.3 Å². The van der Waals surface area contributed by atoms with Crippen LogP contribution in [0.3, 0.4) is 0 Å². The summed E-state index contributed by atoms with van der Waals surface area (Å²) in [6.07, 6.45) is 3.30. The predicted octanol–water partition coefficient (Wildman–Crippen LogP) is 2.50. The molecule has 0 saturated heterocycles. The van der Waals surface area contributed by atoms with Crippen molar-refractivity contribution in [1.29, 1.82) is 0 Å². The minimum atomic E-state index is -0.456. The van der Waals surface area contributed by atoms with E-state index in [0.717, 1.165) is 5.56 Å². The summed E-state index contributed by atoms with van der Waals surface area (Å²) in [5.41, 5.74) is 0.974. The number of rotatable bonds is 5. The number of benzene rings is 1. The maximum atomic E-state index is 10.7. The smallest absolute Gasteiger partial charge is 0.273 e. The Morgan fingerprint density at radius 3 is 2.89 bits per heavy atom. The van der Waals surface area contributed by atoms with Crippen LogP contribution >= 0.6 is 0 Å². The van der Waals surface area contributed by atoms with Gasteiger partial charge in [0.25, 0.3) is 5.69 Å². The average molecular weight is 259 g/mol. The Labute approximate surface area is 110 Å². The Kier molecular flexibility index (Phi) is 4.04. The van der Waals surface area contributed by atoms with Crippen LogP contribution in [0.4, 0.5) is 5.69 Å². The number of aromatic nitrogens is 1. The highest BCUT2D eigenvalue weighted by atomic mass is 16.6. The van der Waals surface area contributed by atoms with E-state index in [-0.39, 0.29) is 5.69 Å². The van der Waals surface area contributed by atoms with Crippen LogP contribution in [0.25, 0.3) is 0 Å². The first-order valence-electron chi connectivity index (χ1n) is 5.70. The number of hydrogen-bond acceptors (Lipinski definition) is 5. The molecule has 6 nitrogen and oxygen atoms in total. The average Bonchev–Trinajstić information content (AvgIpc) is 2.40. The number of ether oxygens (including phenoxy) is 1. The van der Waals surface area contributed by atoms with E-state index in [1.54, 1.807) is 24.5 Å². The van der Waals surface area contributed by atoms with Gasteiger partial charge in [0.2, 0.25) is 0 Å². The number of nitro benzene ring substituents is 1. The van der Waals surface area contributed by atoms with Crippen molar-refractivity contribution in [3.63, 3.8) is 0 Å². The lowest BCUT2D eigenvalue weighted by molar-refractivity contribution is -0.384. The highest BCUT2D eigenvalue weighted by Gasteiger charge is 2.07. The zero-order chi connectivity index (χ0) is 13.7. The molecule has 0 radical (unpaired) electrons. The van der Waals surface area contributed by atoms with Gasteiger partial charge in [-0.3, -0.25) is 15.1 Å². The molecule has 6 heteroatoms. The second-order valence-corrected chi connectivity index (χ2v) is 3.92. The second kappa shape index (κ2) is 5.92. The fraction of sp³-hybridized carbons (Fsp3) is 0.154. The third kappa shape index (κ3) is 3.49. The van der Waals surface area contributed by atoms with Crippen LogP contribution in [-0.4, -0.2) is 17.0 Å². The van der Waals surface area contributed by atoms with E-state index in [1.807, 2.05) is 13.1 Å². The standard InChI is InChI=1S/C13H13N3O3/c1-14-7-10-5-13(9-15-8-10)19-12-4-2-3-11(6-12)16(17)18/h2-6,8-9,14H,7H2,1H3. The first-order valence-corrected chi connectivity index (χ1v) is 5.70. The molecule has 2 aromatic rings. The Hall–Kier alpha value is -2.47. The predicted molar refractivity (Wildman–Crippen MR) is 70.2 cm³/mol. The number of nitrogens with zero attached hydrogens (tertiary/aromatic N) is 2. The normalized spacial score (nSPS) is 10.2. The largest absolute Gasteiger partial charge is 0.455 e. The van der Waals surface area contributed by atoms with Gasteiger partial charge in [0.1, 0.15) is 11.5 Å². The maximum Gasteiger partial charge on any atom is 0.273 e. The summed E-state index contributed by atoms with van der Waals surface area (Å²) in [7, 11) is 1.84. The number of non-ortho nitro benzene ring substituents is 1. The molecule has 2 rings (SSSR count). The van der Waals surface area contributed by atoms with Crippen molar-refractivity contribution in [3.05, 3.63) is 58.4 Å². The van der Waals surface area contributed by atoms with E-state index < -0.39 is 4.92 Å². The van der Waals surface area contributed by atoms with Gasteiger partial charge in [-0.1, -0.05) is 6.07 Å². The molecular formula is C13H13N3O3. The number of pyridine rings is 1. The Morgan fingerprint density at radius 2 is 2.16 bits per heavy atom. The van der Waals surface area contributed by atoms with Crippen LogP contribution in [0, 0.1) is 10.1 Å². The molecule has 1 N–H and O–H groups in total. The van der Waals surface area contributed by atoms with E-state index in [2.05, 4.69) is 10.3 Å². The van der Waals surface area contributed by atoms with Gasteiger partial charge >= 0.3 is 0 Å². The van der Waals surface area contributed by atoms with Crippen molar-refractivity contribution in [1.82, 2.24) is 10.3 Å². The molecule has 0 spiro atoms. The Balaban J connectivity index is 2.18. The van der Waals surface area contributed by atoms with Crippen LogP contribution < -0.4 is 10.1 Å². The molecule has 0 amide bonds. The molecule has 19 heavy (non-hydrogen) atoms. The quantitative estimate of drug-likeness (QED) is 0.659. The molecule has 0 aliphatic rings. The summed E-state index contributed by atoms with van der Waals surface area (Å²) >= 11 is 0. The molecule has 1 aromatic heterocycles. The van der Waals surface area contributed by atoms with Crippen molar-refractivity contribution in [2.24, 2.45) is 0 Å². The third-order valence-electron chi connectivity index (χ3n) is 2.41. The highest BCUT2D eigenvalue weighted by molar-refractivity contribution is 5.40. The molecule has 1 aromatic carbocycles. The van der Waals surface area contributed by atoms with Crippen LogP contribution in [0.2, 0.25) is 0 Å². The lowest BCUT2D eigenvalue weighted by Crippen LogP contribution is -2.05. The van der Waals surface area contributed by atoms with Crippen molar-refractivity contribution in [2.45, 2.75) is 6.54 Å². The van der Waals surface area contributed by atoms with Gasteiger partial charge in [0, 0.05) is 18.8 Å². The molecular weight excluding hydrogens is 246 g/mol. The summed E-state index contributed by atoms with van der Waals surface area (Å²) in [4.78, 5) is 14.3. The third-order valence-corrected chi connectivity index (χ3v) is 2.41. The van der Waals surface area contributed by atoms with Crippen LogP contribution in [0.1, 0.15) is 5.56 Å². The summed E-state index contributed by atoms with van der Waals surface area (Å²) in [5.74, 6) is 0.964. The van der Waals surface area contributed by atoms with Crippen LogP contribution in [-0.2, 0) is 6.54 Å². The zero-order valence-electron chi connectivity index (χ0n) is 10.4. The molecule has 0 atom stereocenters. The number of nitrogens with one attached hydrogen (secondary N) is 1. The van der Waals surface area contributed by atoms with E-state index in [9.17, 15) is 10.1 Å². The lowest BCUT2D eigenvalue weighted by atomic mass is 10.2. The summed E-state index contributed by atoms with van der Waals surface area (Å²) < 4.78 is 5.56. The van der Waals surface area contributed by atoms with Crippen molar-refractivity contribution in [2.75, 3.05) is 7.05 Å². The monoisotopic (exact) mass is 259 g/mol. The molecule has 0 aliphatic heterocycles. The zero-order valence-corrected chi connectivity index (χ0v) is 10.4. The Bertz CT molecular complexity index is 587. The van der Waals surface area contributed by atoms with Gasteiger partial charge in [0.15, 0.2) is 0 Å². The van der Waals surface area contributed by atoms with E-state index in [1.165, 1.54) is 12.1 Å². The van der Waals surface area contributed by atoms with Gasteiger partial charge in [0.05, 0.1) is 17.2 Å². The van der Waals surface area contributed by atoms with Crippen molar-refractivity contribution in [3.8, 4) is 11.5 Å². The summed E-state index contributed by atoms with van der Waals surface area (Å²) in [5, 5.41) is 13.7. The van der Waals surface area contributed by atoms with Crippen LogP contribution in [0.5, 0.6) is 11.5 Å². The SMILES string of the molecule is CNCc1cncc(Oc2cccc([N+](=O)[O-])c2)c1. The van der Waals surface area contributed by atoms with E-state index >= 15 is 0 Å². The van der Waals surface area contributed by atoms with Crippen molar-refractivity contribution < 1.29 is 9.66 Å². The minimum absolute atomic E-state index is 0.00293. The van der Waals surface area contributed by atoms with Gasteiger partial charge in [-0.05, 0) is 24.7 Å². The summed E-state index contributed by atoms with van der Waals surface area (Å²) in [6, 6.07) is 7.88.